The predicted octanol–water partition coefficient (Wildman–Crippen LogP) is 3.20. The average Bonchev–Trinajstić information content (AvgIpc) is 2.39. The molecule has 8 heteroatoms. The molecule has 0 aliphatic carbocycles. The summed E-state index contributed by atoms with van der Waals surface area (Å²) in [5, 5.41) is 2.57. The Bertz CT molecular complexity index is 658. The first-order valence-corrected chi connectivity index (χ1v) is 8.61. The predicted molar refractivity (Wildman–Crippen MR) is 75.9 cm³/mol. The minimum atomic E-state index is -4.49. The normalized spacial score (nSPS) is 12.3. The first-order chi connectivity index (χ1) is 9.54. The molecular formula is C13H16ClF2NO3S. The van der Waals surface area contributed by atoms with Crippen molar-refractivity contribution >= 4 is 25.6 Å². The van der Waals surface area contributed by atoms with Gasteiger partial charge in [0.2, 0.25) is 0 Å². The standard InChI is InChI=1S/C13H16ClF2NO3S/c1-4-13(3,5-2)17-12(18)9-6-8(15)7-10(11(9)16)21(14,19)20/h6-7H,4-5H2,1-3H3,(H,17,18). The molecule has 1 N–H and O–H groups in total. The molecule has 0 aliphatic heterocycles. The molecule has 0 radical (unpaired) electrons. The van der Waals surface area contributed by atoms with E-state index in [2.05, 4.69) is 5.32 Å². The first-order valence-electron chi connectivity index (χ1n) is 6.30. The maximum Gasteiger partial charge on any atom is 0.264 e. The van der Waals surface area contributed by atoms with Gasteiger partial charge in [-0.2, -0.15) is 0 Å². The largest absolute Gasteiger partial charge is 0.347 e. The van der Waals surface area contributed by atoms with Gasteiger partial charge in [0.1, 0.15) is 10.7 Å². The highest BCUT2D eigenvalue weighted by molar-refractivity contribution is 8.13. The van der Waals surface area contributed by atoms with Crippen LogP contribution in [0.25, 0.3) is 0 Å². The second-order valence-corrected chi connectivity index (χ2v) is 7.46. The first kappa shape index (κ1) is 17.8. The Hall–Kier alpha value is -1.21. The van der Waals surface area contributed by atoms with Gasteiger partial charge in [-0.1, -0.05) is 13.8 Å². The van der Waals surface area contributed by atoms with Crippen molar-refractivity contribution in [1.29, 1.82) is 0 Å². The van der Waals surface area contributed by atoms with E-state index in [1.165, 1.54) is 0 Å². The highest BCUT2D eigenvalue weighted by atomic mass is 35.7. The lowest BCUT2D eigenvalue weighted by Gasteiger charge is -2.28. The van der Waals surface area contributed by atoms with E-state index in [-0.39, 0.29) is 0 Å². The Morgan fingerprint density at radius 3 is 2.24 bits per heavy atom. The van der Waals surface area contributed by atoms with Crippen LogP contribution in [0.3, 0.4) is 0 Å². The summed E-state index contributed by atoms with van der Waals surface area (Å²) in [6.45, 7) is 5.42. The number of carbonyl (C=O) groups excluding carboxylic acids is 1. The Morgan fingerprint density at radius 1 is 1.29 bits per heavy atom. The van der Waals surface area contributed by atoms with Gasteiger partial charge in [-0.25, -0.2) is 17.2 Å². The number of nitrogens with one attached hydrogen (secondary N) is 1. The van der Waals surface area contributed by atoms with Gasteiger partial charge in [0.05, 0.1) is 5.56 Å². The lowest BCUT2D eigenvalue weighted by Crippen LogP contribution is -2.45. The Balaban J connectivity index is 3.32. The molecular weight excluding hydrogens is 324 g/mol. The van der Waals surface area contributed by atoms with Crippen LogP contribution in [0, 0.1) is 11.6 Å². The molecule has 1 aromatic carbocycles. The van der Waals surface area contributed by atoms with Crippen molar-refractivity contribution in [2.24, 2.45) is 0 Å². The molecule has 0 aromatic heterocycles. The number of hydrogen-bond donors (Lipinski definition) is 1. The second-order valence-electron chi connectivity index (χ2n) is 4.93. The zero-order valence-corrected chi connectivity index (χ0v) is 13.4. The third-order valence-electron chi connectivity index (χ3n) is 3.49. The van der Waals surface area contributed by atoms with Crippen LogP contribution >= 0.6 is 10.7 Å². The number of hydrogen-bond acceptors (Lipinski definition) is 3. The van der Waals surface area contributed by atoms with Crippen LogP contribution in [-0.4, -0.2) is 19.9 Å². The van der Waals surface area contributed by atoms with Gasteiger partial charge in [-0.05, 0) is 31.9 Å². The topological polar surface area (TPSA) is 63.2 Å². The van der Waals surface area contributed by atoms with Crippen LogP contribution in [0.5, 0.6) is 0 Å². The summed E-state index contributed by atoms with van der Waals surface area (Å²) < 4.78 is 49.9. The van der Waals surface area contributed by atoms with Gasteiger partial charge in [0.25, 0.3) is 15.0 Å². The lowest BCUT2D eigenvalue weighted by molar-refractivity contribution is 0.0895. The van der Waals surface area contributed by atoms with Crippen LogP contribution in [0.1, 0.15) is 44.0 Å². The van der Waals surface area contributed by atoms with E-state index in [9.17, 15) is 22.0 Å². The molecule has 0 spiro atoms. The van der Waals surface area contributed by atoms with Crippen molar-refractivity contribution in [3.05, 3.63) is 29.3 Å². The molecule has 0 atom stereocenters. The Morgan fingerprint density at radius 2 is 1.81 bits per heavy atom. The van der Waals surface area contributed by atoms with E-state index in [4.69, 9.17) is 10.7 Å². The van der Waals surface area contributed by atoms with Crippen molar-refractivity contribution in [2.75, 3.05) is 0 Å². The number of benzene rings is 1. The molecule has 0 bridgehead atoms. The monoisotopic (exact) mass is 339 g/mol. The van der Waals surface area contributed by atoms with Crippen LogP contribution in [0.15, 0.2) is 17.0 Å². The van der Waals surface area contributed by atoms with Crippen LogP contribution < -0.4 is 5.32 Å². The molecule has 1 amide bonds. The molecule has 0 heterocycles. The molecule has 0 fully saturated rings. The number of carbonyl (C=O) groups is 1. The lowest BCUT2D eigenvalue weighted by atomic mass is 9.95. The minimum Gasteiger partial charge on any atom is -0.347 e. The quantitative estimate of drug-likeness (QED) is 0.838. The van der Waals surface area contributed by atoms with E-state index >= 15 is 0 Å². The van der Waals surface area contributed by atoms with E-state index < -0.39 is 42.6 Å². The van der Waals surface area contributed by atoms with Gasteiger partial charge < -0.3 is 5.32 Å². The molecule has 1 aromatic rings. The minimum absolute atomic E-state index is 0.438. The third kappa shape index (κ3) is 4.14. The van der Waals surface area contributed by atoms with E-state index in [1.807, 2.05) is 13.8 Å². The zero-order valence-electron chi connectivity index (χ0n) is 11.8. The molecule has 4 nitrogen and oxygen atoms in total. The fraction of sp³-hybridized carbons (Fsp3) is 0.462. The third-order valence-corrected chi connectivity index (χ3v) is 4.81. The molecule has 0 aliphatic rings. The summed E-state index contributed by atoms with van der Waals surface area (Å²) in [4.78, 5) is 11.0. The van der Waals surface area contributed by atoms with Crippen LogP contribution in [0.2, 0.25) is 0 Å². The van der Waals surface area contributed by atoms with E-state index in [0.717, 1.165) is 0 Å². The summed E-state index contributed by atoms with van der Waals surface area (Å²) in [5.41, 5.74) is -1.29. The maximum absolute atomic E-state index is 14.1. The van der Waals surface area contributed by atoms with Crippen molar-refractivity contribution < 1.29 is 22.0 Å². The van der Waals surface area contributed by atoms with Crippen molar-refractivity contribution in [3.8, 4) is 0 Å². The highest BCUT2D eigenvalue weighted by Gasteiger charge is 2.28. The SMILES string of the molecule is CCC(C)(CC)NC(=O)c1cc(F)cc(S(=O)(=O)Cl)c1F. The van der Waals surface area contributed by atoms with Gasteiger partial charge >= 0.3 is 0 Å². The maximum atomic E-state index is 14.1. The Labute approximate surface area is 126 Å². The molecule has 1 rings (SSSR count). The smallest absolute Gasteiger partial charge is 0.264 e. The highest BCUT2D eigenvalue weighted by Crippen LogP contribution is 2.24. The van der Waals surface area contributed by atoms with Gasteiger partial charge in [-0.15, -0.1) is 0 Å². The number of halogens is 3. The zero-order chi connectivity index (χ0) is 16.4. The van der Waals surface area contributed by atoms with Gasteiger partial charge in [0, 0.05) is 16.2 Å². The number of rotatable bonds is 5. The summed E-state index contributed by atoms with van der Waals surface area (Å²) in [6.07, 6.45) is 1.15. The molecule has 0 unspecified atom stereocenters. The van der Waals surface area contributed by atoms with Gasteiger partial charge in [0.15, 0.2) is 5.82 Å². The summed E-state index contributed by atoms with van der Waals surface area (Å²) in [6, 6.07) is 1.08. The molecule has 21 heavy (non-hydrogen) atoms. The number of amides is 1. The Kier molecular flexibility index (Phi) is 5.33. The van der Waals surface area contributed by atoms with Crippen molar-refractivity contribution in [3.63, 3.8) is 0 Å². The fourth-order valence-electron chi connectivity index (χ4n) is 1.68. The van der Waals surface area contributed by atoms with E-state index in [1.54, 1.807) is 6.92 Å². The molecule has 118 valence electrons. The average molecular weight is 340 g/mol. The fourth-order valence-corrected chi connectivity index (χ4v) is 2.59. The summed E-state index contributed by atoms with van der Waals surface area (Å²) in [7, 11) is 0.544. The van der Waals surface area contributed by atoms with Gasteiger partial charge in [-0.3, -0.25) is 4.79 Å². The molecule has 0 saturated carbocycles. The van der Waals surface area contributed by atoms with Crippen LogP contribution in [-0.2, 0) is 9.05 Å². The summed E-state index contributed by atoms with van der Waals surface area (Å²) in [5.74, 6) is -3.31. The molecule has 0 saturated heterocycles. The van der Waals surface area contributed by atoms with E-state index in [0.29, 0.717) is 25.0 Å². The summed E-state index contributed by atoms with van der Waals surface area (Å²) >= 11 is 0. The van der Waals surface area contributed by atoms with Crippen molar-refractivity contribution in [2.45, 2.75) is 44.0 Å². The van der Waals surface area contributed by atoms with Crippen molar-refractivity contribution in [1.82, 2.24) is 5.32 Å². The van der Waals surface area contributed by atoms with Crippen LogP contribution in [0.4, 0.5) is 8.78 Å². The second kappa shape index (κ2) is 6.27.